The van der Waals surface area contributed by atoms with Gasteiger partial charge in [0.05, 0.1) is 12.2 Å². The summed E-state index contributed by atoms with van der Waals surface area (Å²) in [7, 11) is 1.63. The minimum atomic E-state index is -0.516. The van der Waals surface area contributed by atoms with Gasteiger partial charge in [-0.1, -0.05) is 0 Å². The Morgan fingerprint density at radius 1 is 1.44 bits per heavy atom. The normalized spacial score (nSPS) is 11.3. The number of nitrogens with two attached hydrogens (primary N) is 1. The predicted molar refractivity (Wildman–Crippen MR) is 68.6 cm³/mol. The van der Waals surface area contributed by atoms with E-state index >= 15 is 0 Å². The van der Waals surface area contributed by atoms with Crippen LogP contribution < -0.4 is 10.5 Å². The number of amidine groups is 1. The lowest BCUT2D eigenvalue weighted by atomic mass is 10.1. The van der Waals surface area contributed by atoms with Gasteiger partial charge in [0.15, 0.2) is 11.6 Å². The summed E-state index contributed by atoms with van der Waals surface area (Å²) in [6.07, 6.45) is 0.650. The third-order valence-corrected chi connectivity index (χ3v) is 2.76. The van der Waals surface area contributed by atoms with E-state index in [2.05, 4.69) is 0 Å². The molecule has 0 amide bonds. The molecule has 0 aliphatic carbocycles. The standard InChI is InChI=1S/C13H19FN2O2/c1-13(2,17-3)6-7-18-11-5-4-9(12(15)16)8-10(11)14/h4-5,8H,6-7H2,1-3H3,(H3,15,16). The molecule has 0 radical (unpaired) electrons. The first-order chi connectivity index (χ1) is 8.35. The molecule has 0 fully saturated rings. The average molecular weight is 254 g/mol. The van der Waals surface area contributed by atoms with Crippen LogP contribution in [0.25, 0.3) is 0 Å². The lowest BCUT2D eigenvalue weighted by molar-refractivity contribution is 0.00514. The van der Waals surface area contributed by atoms with Gasteiger partial charge in [0, 0.05) is 19.1 Å². The highest BCUT2D eigenvalue weighted by Gasteiger charge is 2.16. The number of hydrogen-bond donors (Lipinski definition) is 2. The van der Waals surface area contributed by atoms with E-state index in [9.17, 15) is 4.39 Å². The Bertz CT molecular complexity index is 433. The molecule has 5 heteroatoms. The number of ether oxygens (including phenoxy) is 2. The molecule has 0 unspecified atom stereocenters. The Balaban J connectivity index is 2.61. The molecule has 1 aromatic carbocycles. The van der Waals surface area contributed by atoms with Crippen molar-refractivity contribution in [1.29, 1.82) is 5.41 Å². The van der Waals surface area contributed by atoms with Crippen LogP contribution in [0.4, 0.5) is 4.39 Å². The van der Waals surface area contributed by atoms with E-state index < -0.39 is 5.82 Å². The zero-order chi connectivity index (χ0) is 13.8. The molecule has 0 heterocycles. The number of halogens is 1. The minimum absolute atomic E-state index is 0.159. The molecule has 0 aliphatic heterocycles. The second-order valence-electron chi connectivity index (χ2n) is 4.62. The van der Waals surface area contributed by atoms with Crippen molar-refractivity contribution in [1.82, 2.24) is 0 Å². The fraction of sp³-hybridized carbons (Fsp3) is 0.462. The maximum absolute atomic E-state index is 13.6. The Labute approximate surface area is 106 Å². The number of hydrogen-bond acceptors (Lipinski definition) is 3. The van der Waals surface area contributed by atoms with Gasteiger partial charge in [-0.15, -0.1) is 0 Å². The summed E-state index contributed by atoms with van der Waals surface area (Å²) < 4.78 is 24.2. The second-order valence-corrected chi connectivity index (χ2v) is 4.62. The summed E-state index contributed by atoms with van der Waals surface area (Å²) in [6.45, 7) is 4.23. The molecule has 0 spiro atoms. The summed E-state index contributed by atoms with van der Waals surface area (Å²) in [5.74, 6) is -0.522. The number of rotatable bonds is 6. The molecule has 3 N–H and O–H groups in total. The zero-order valence-electron chi connectivity index (χ0n) is 10.9. The summed E-state index contributed by atoms with van der Waals surface area (Å²) in [5.41, 5.74) is 5.32. The van der Waals surface area contributed by atoms with E-state index in [0.29, 0.717) is 18.6 Å². The van der Waals surface area contributed by atoms with Gasteiger partial charge < -0.3 is 15.2 Å². The van der Waals surface area contributed by atoms with Crippen molar-refractivity contribution >= 4 is 5.84 Å². The Hall–Kier alpha value is -1.62. The van der Waals surface area contributed by atoms with Crippen LogP contribution in [0, 0.1) is 11.2 Å². The van der Waals surface area contributed by atoms with Crippen LogP contribution in [-0.2, 0) is 4.74 Å². The highest BCUT2D eigenvalue weighted by Crippen LogP contribution is 2.20. The van der Waals surface area contributed by atoms with Gasteiger partial charge in [-0.25, -0.2) is 4.39 Å². The first-order valence-electron chi connectivity index (χ1n) is 5.67. The SMILES string of the molecule is COC(C)(C)CCOc1ccc(C(=N)N)cc1F. The monoisotopic (exact) mass is 254 g/mol. The van der Waals surface area contributed by atoms with Crippen LogP contribution in [0.2, 0.25) is 0 Å². The van der Waals surface area contributed by atoms with Crippen molar-refractivity contribution in [3.8, 4) is 5.75 Å². The van der Waals surface area contributed by atoms with Gasteiger partial charge >= 0.3 is 0 Å². The van der Waals surface area contributed by atoms with Crippen molar-refractivity contribution in [2.24, 2.45) is 5.73 Å². The van der Waals surface area contributed by atoms with E-state index in [-0.39, 0.29) is 17.2 Å². The Morgan fingerprint density at radius 2 is 2.11 bits per heavy atom. The first-order valence-corrected chi connectivity index (χ1v) is 5.67. The molecule has 1 aromatic rings. The van der Waals surface area contributed by atoms with Gasteiger partial charge in [0.2, 0.25) is 0 Å². The van der Waals surface area contributed by atoms with Crippen LogP contribution in [0.1, 0.15) is 25.8 Å². The topological polar surface area (TPSA) is 68.3 Å². The Morgan fingerprint density at radius 3 is 2.61 bits per heavy atom. The molecule has 0 bridgehead atoms. The number of benzene rings is 1. The van der Waals surface area contributed by atoms with Crippen molar-refractivity contribution in [2.45, 2.75) is 25.9 Å². The predicted octanol–water partition coefficient (Wildman–Crippen LogP) is 2.30. The van der Waals surface area contributed by atoms with E-state index in [1.54, 1.807) is 13.2 Å². The summed E-state index contributed by atoms with van der Waals surface area (Å²) in [6, 6.07) is 4.23. The van der Waals surface area contributed by atoms with Crippen LogP contribution in [0.15, 0.2) is 18.2 Å². The van der Waals surface area contributed by atoms with Gasteiger partial charge in [-0.2, -0.15) is 0 Å². The van der Waals surface area contributed by atoms with Gasteiger partial charge in [0.1, 0.15) is 5.84 Å². The number of nitrogen functional groups attached to an aromatic ring is 1. The molecule has 1 rings (SSSR count). The van der Waals surface area contributed by atoms with E-state index in [1.807, 2.05) is 13.8 Å². The molecular formula is C13H19FN2O2. The van der Waals surface area contributed by atoms with Gasteiger partial charge in [-0.05, 0) is 32.0 Å². The smallest absolute Gasteiger partial charge is 0.165 e. The number of nitrogens with one attached hydrogen (secondary N) is 1. The maximum Gasteiger partial charge on any atom is 0.165 e. The van der Waals surface area contributed by atoms with Crippen LogP contribution in [0.5, 0.6) is 5.75 Å². The van der Waals surface area contributed by atoms with Crippen molar-refractivity contribution < 1.29 is 13.9 Å². The van der Waals surface area contributed by atoms with Gasteiger partial charge in [0.25, 0.3) is 0 Å². The van der Waals surface area contributed by atoms with Gasteiger partial charge in [-0.3, -0.25) is 5.41 Å². The molecule has 0 saturated carbocycles. The quantitative estimate of drug-likeness (QED) is 0.604. The highest BCUT2D eigenvalue weighted by atomic mass is 19.1. The molecule has 0 aromatic heterocycles. The number of methoxy groups -OCH3 is 1. The molecule has 0 aliphatic rings. The van der Waals surface area contributed by atoms with E-state index in [0.717, 1.165) is 0 Å². The average Bonchev–Trinajstić information content (AvgIpc) is 2.31. The fourth-order valence-corrected chi connectivity index (χ4v) is 1.29. The molecule has 18 heavy (non-hydrogen) atoms. The maximum atomic E-state index is 13.6. The van der Waals surface area contributed by atoms with E-state index in [4.69, 9.17) is 20.6 Å². The Kier molecular flexibility index (Phi) is 4.67. The lowest BCUT2D eigenvalue weighted by Crippen LogP contribution is -2.25. The van der Waals surface area contributed by atoms with Crippen molar-refractivity contribution in [3.05, 3.63) is 29.6 Å². The highest BCUT2D eigenvalue weighted by molar-refractivity contribution is 5.95. The first kappa shape index (κ1) is 14.4. The third kappa shape index (κ3) is 4.00. The van der Waals surface area contributed by atoms with Crippen LogP contribution >= 0.6 is 0 Å². The molecular weight excluding hydrogens is 235 g/mol. The molecule has 0 saturated heterocycles. The molecule has 100 valence electrons. The fourth-order valence-electron chi connectivity index (χ4n) is 1.29. The summed E-state index contributed by atoms with van der Waals surface area (Å²) in [4.78, 5) is 0. The van der Waals surface area contributed by atoms with E-state index in [1.165, 1.54) is 12.1 Å². The second kappa shape index (κ2) is 5.82. The van der Waals surface area contributed by atoms with Crippen molar-refractivity contribution in [2.75, 3.05) is 13.7 Å². The zero-order valence-corrected chi connectivity index (χ0v) is 10.9. The third-order valence-electron chi connectivity index (χ3n) is 2.76. The minimum Gasteiger partial charge on any atom is -0.490 e. The molecule has 4 nitrogen and oxygen atoms in total. The lowest BCUT2D eigenvalue weighted by Gasteiger charge is -2.22. The van der Waals surface area contributed by atoms with Crippen LogP contribution in [0.3, 0.4) is 0 Å². The summed E-state index contributed by atoms with van der Waals surface area (Å²) in [5, 5.41) is 7.20. The molecule has 0 atom stereocenters. The largest absolute Gasteiger partial charge is 0.490 e. The summed E-state index contributed by atoms with van der Waals surface area (Å²) >= 11 is 0. The van der Waals surface area contributed by atoms with Crippen molar-refractivity contribution in [3.63, 3.8) is 0 Å². The van der Waals surface area contributed by atoms with Crippen LogP contribution in [-0.4, -0.2) is 25.2 Å².